The smallest absolute Gasteiger partial charge is 0.258 e. The molecule has 0 aliphatic rings. The van der Waals surface area contributed by atoms with E-state index in [-0.39, 0.29) is 5.69 Å². The Hall–Kier alpha value is -4.49. The first-order chi connectivity index (χ1) is 14.7. The number of azide groups is 1. The molecule has 0 aliphatic heterocycles. The summed E-state index contributed by atoms with van der Waals surface area (Å²) < 4.78 is 0. The lowest BCUT2D eigenvalue weighted by atomic mass is 9.79. The molecule has 1 atom stereocenters. The molecule has 4 rings (SSSR count). The first-order valence-electron chi connectivity index (χ1n) is 9.00. The summed E-state index contributed by atoms with van der Waals surface area (Å²) in [5, 5.41) is 26.8. The number of hydrogen-bond acceptors (Lipinski definition) is 5. The third kappa shape index (κ3) is 3.15. The minimum absolute atomic E-state index is 0.120. The predicted molar refractivity (Wildman–Crippen MR) is 110 cm³/mol. The van der Waals surface area contributed by atoms with E-state index in [1.807, 2.05) is 36.4 Å². The van der Waals surface area contributed by atoms with Crippen molar-refractivity contribution in [2.24, 2.45) is 5.11 Å². The standard InChI is InChI=1S/C21H15N7O2/c22-26-25-21(16-10-5-2-6-11-16,17-12-7-13-18(14-17)28(29)30)20-19(23-27-24-20)15-8-3-1-4-9-15/h1-14H,(H,23,24,27). The lowest BCUT2D eigenvalue weighted by Crippen LogP contribution is -2.28. The summed E-state index contributed by atoms with van der Waals surface area (Å²) in [6, 6.07) is 24.3. The van der Waals surface area contributed by atoms with Crippen LogP contribution in [0.2, 0.25) is 0 Å². The van der Waals surface area contributed by atoms with Gasteiger partial charge in [0.25, 0.3) is 5.69 Å². The second-order valence-electron chi connectivity index (χ2n) is 6.46. The van der Waals surface area contributed by atoms with Crippen LogP contribution in [0.25, 0.3) is 21.7 Å². The van der Waals surface area contributed by atoms with Crippen molar-refractivity contribution in [3.63, 3.8) is 0 Å². The maximum absolute atomic E-state index is 11.4. The Labute approximate surface area is 170 Å². The number of rotatable bonds is 6. The number of nitrogens with one attached hydrogen (secondary N) is 1. The maximum atomic E-state index is 11.4. The van der Waals surface area contributed by atoms with Gasteiger partial charge in [0.1, 0.15) is 16.9 Å². The second-order valence-corrected chi connectivity index (χ2v) is 6.46. The van der Waals surface area contributed by atoms with Crippen LogP contribution in [-0.2, 0) is 5.54 Å². The molecule has 1 aromatic heterocycles. The minimum Gasteiger partial charge on any atom is -0.258 e. The molecule has 1 N–H and O–H groups in total. The summed E-state index contributed by atoms with van der Waals surface area (Å²) in [6.45, 7) is 0. The zero-order valence-electron chi connectivity index (χ0n) is 15.6. The Morgan fingerprint density at radius 1 is 0.933 bits per heavy atom. The minimum atomic E-state index is -1.47. The summed E-state index contributed by atoms with van der Waals surface area (Å²) in [6.07, 6.45) is 0. The highest BCUT2D eigenvalue weighted by molar-refractivity contribution is 5.66. The van der Waals surface area contributed by atoms with Crippen molar-refractivity contribution in [2.75, 3.05) is 0 Å². The quantitative estimate of drug-likeness (QED) is 0.161. The Morgan fingerprint density at radius 3 is 2.27 bits per heavy atom. The average Bonchev–Trinajstić information content (AvgIpc) is 3.29. The van der Waals surface area contributed by atoms with Gasteiger partial charge in [0, 0.05) is 22.6 Å². The topological polar surface area (TPSA) is 133 Å². The Kier molecular flexibility index (Phi) is 4.94. The van der Waals surface area contributed by atoms with Gasteiger partial charge in [0.15, 0.2) is 0 Å². The van der Waals surface area contributed by atoms with Crippen LogP contribution in [0.1, 0.15) is 16.8 Å². The highest BCUT2D eigenvalue weighted by atomic mass is 16.6. The molecule has 9 nitrogen and oxygen atoms in total. The molecule has 1 heterocycles. The number of aromatic amines is 1. The number of benzene rings is 3. The van der Waals surface area contributed by atoms with E-state index in [9.17, 15) is 15.6 Å². The molecule has 9 heteroatoms. The lowest BCUT2D eigenvalue weighted by Gasteiger charge is -2.29. The van der Waals surface area contributed by atoms with E-state index >= 15 is 0 Å². The highest BCUT2D eigenvalue weighted by Gasteiger charge is 2.41. The van der Waals surface area contributed by atoms with Gasteiger partial charge >= 0.3 is 0 Å². The number of non-ortho nitro benzene ring substituents is 1. The summed E-state index contributed by atoms with van der Waals surface area (Å²) >= 11 is 0. The summed E-state index contributed by atoms with van der Waals surface area (Å²) in [4.78, 5) is 14.0. The van der Waals surface area contributed by atoms with E-state index in [1.54, 1.807) is 36.4 Å². The first-order valence-corrected chi connectivity index (χ1v) is 9.00. The number of nitrogens with zero attached hydrogens (tertiary/aromatic N) is 6. The van der Waals surface area contributed by atoms with Gasteiger partial charge in [-0.3, -0.25) is 10.1 Å². The van der Waals surface area contributed by atoms with Crippen molar-refractivity contribution in [1.82, 2.24) is 15.4 Å². The molecule has 0 aliphatic carbocycles. The normalized spacial score (nSPS) is 12.5. The molecule has 3 aromatic carbocycles. The molecule has 4 aromatic rings. The Bertz CT molecular complexity index is 1230. The van der Waals surface area contributed by atoms with Crippen molar-refractivity contribution < 1.29 is 4.92 Å². The van der Waals surface area contributed by atoms with Crippen LogP contribution < -0.4 is 0 Å². The predicted octanol–water partition coefficient (Wildman–Crippen LogP) is 4.98. The summed E-state index contributed by atoms with van der Waals surface area (Å²) in [5.41, 5.74) is 10.5. The monoisotopic (exact) mass is 397 g/mol. The van der Waals surface area contributed by atoms with E-state index < -0.39 is 10.5 Å². The third-order valence-electron chi connectivity index (χ3n) is 4.80. The van der Waals surface area contributed by atoms with Crippen LogP contribution in [0.4, 0.5) is 5.69 Å². The molecule has 30 heavy (non-hydrogen) atoms. The lowest BCUT2D eigenvalue weighted by molar-refractivity contribution is -0.384. The van der Waals surface area contributed by atoms with Crippen LogP contribution >= 0.6 is 0 Å². The SMILES string of the molecule is [N-]=[N+]=NC(c1ccccc1)(c1cccc([N+](=O)[O-])c1)c1n[nH]nc1-c1ccccc1. The van der Waals surface area contributed by atoms with E-state index in [2.05, 4.69) is 25.4 Å². The van der Waals surface area contributed by atoms with E-state index in [1.165, 1.54) is 12.1 Å². The van der Waals surface area contributed by atoms with E-state index in [4.69, 9.17) is 0 Å². The first kappa shape index (κ1) is 18.9. The molecular formula is C21H15N7O2. The number of H-pyrrole nitrogens is 1. The molecule has 0 saturated carbocycles. The fraction of sp³-hybridized carbons (Fsp3) is 0.0476. The van der Waals surface area contributed by atoms with Gasteiger partial charge in [0.2, 0.25) is 0 Å². The van der Waals surface area contributed by atoms with Crippen LogP contribution in [0.15, 0.2) is 90.0 Å². The second kappa shape index (κ2) is 7.86. The van der Waals surface area contributed by atoms with Gasteiger partial charge in [0.05, 0.1) is 4.92 Å². The number of hydrogen-bond donors (Lipinski definition) is 1. The van der Waals surface area contributed by atoms with Crippen LogP contribution in [0, 0.1) is 10.1 Å². The summed E-state index contributed by atoms with van der Waals surface area (Å²) in [5.74, 6) is 0. The van der Waals surface area contributed by atoms with Crippen molar-refractivity contribution in [3.05, 3.63) is 122 Å². The van der Waals surface area contributed by atoms with Gasteiger partial charge in [-0.05, 0) is 16.7 Å². The largest absolute Gasteiger partial charge is 0.269 e. The molecule has 0 spiro atoms. The number of nitro benzene ring substituents is 1. The molecule has 0 bridgehead atoms. The summed E-state index contributed by atoms with van der Waals surface area (Å²) in [7, 11) is 0. The maximum Gasteiger partial charge on any atom is 0.269 e. The molecule has 1 unspecified atom stereocenters. The van der Waals surface area contributed by atoms with Gasteiger partial charge < -0.3 is 0 Å². The molecule has 146 valence electrons. The molecule has 0 fully saturated rings. The van der Waals surface area contributed by atoms with Gasteiger partial charge in [-0.25, -0.2) is 0 Å². The molecular weight excluding hydrogens is 382 g/mol. The zero-order chi connectivity index (χ0) is 21.0. The Balaban J connectivity index is 2.08. The van der Waals surface area contributed by atoms with Crippen molar-refractivity contribution in [3.8, 4) is 11.3 Å². The van der Waals surface area contributed by atoms with Gasteiger partial charge in [-0.2, -0.15) is 15.4 Å². The van der Waals surface area contributed by atoms with Crippen molar-refractivity contribution in [1.29, 1.82) is 0 Å². The number of nitro groups is 1. The highest BCUT2D eigenvalue weighted by Crippen LogP contribution is 2.43. The molecule has 0 amide bonds. The van der Waals surface area contributed by atoms with E-state index in [0.29, 0.717) is 22.5 Å². The van der Waals surface area contributed by atoms with Gasteiger partial charge in [-0.15, -0.1) is 0 Å². The average molecular weight is 397 g/mol. The van der Waals surface area contributed by atoms with Crippen molar-refractivity contribution >= 4 is 5.69 Å². The van der Waals surface area contributed by atoms with Crippen LogP contribution in [0.3, 0.4) is 0 Å². The fourth-order valence-electron chi connectivity index (χ4n) is 3.47. The van der Waals surface area contributed by atoms with Crippen LogP contribution in [-0.4, -0.2) is 20.3 Å². The zero-order valence-corrected chi connectivity index (χ0v) is 15.6. The fourth-order valence-corrected chi connectivity index (χ4v) is 3.47. The Morgan fingerprint density at radius 2 is 1.60 bits per heavy atom. The van der Waals surface area contributed by atoms with Gasteiger partial charge in [-0.1, -0.05) is 77.9 Å². The molecule has 0 radical (unpaired) electrons. The van der Waals surface area contributed by atoms with Crippen molar-refractivity contribution in [2.45, 2.75) is 5.54 Å². The number of aromatic nitrogens is 3. The van der Waals surface area contributed by atoms with Crippen LogP contribution in [0.5, 0.6) is 0 Å². The molecule has 0 saturated heterocycles. The van der Waals surface area contributed by atoms with E-state index in [0.717, 1.165) is 5.56 Å². The third-order valence-corrected chi connectivity index (χ3v) is 4.80.